The summed E-state index contributed by atoms with van der Waals surface area (Å²) in [5.41, 5.74) is 6.27. The summed E-state index contributed by atoms with van der Waals surface area (Å²) < 4.78 is 6.34. The zero-order valence-electron chi connectivity index (χ0n) is 18.8. The smallest absolute Gasteiger partial charge is 0.192 e. The molecule has 0 radical (unpaired) electrons. The highest BCUT2D eigenvalue weighted by molar-refractivity contribution is 6.74. The molecule has 0 saturated carbocycles. The lowest BCUT2D eigenvalue weighted by Gasteiger charge is -2.42. The zero-order chi connectivity index (χ0) is 20.0. The third-order valence-corrected chi connectivity index (χ3v) is 11.4. The second-order valence-corrected chi connectivity index (χ2v) is 15.8. The molecule has 0 unspecified atom stereocenters. The lowest BCUT2D eigenvalue weighted by molar-refractivity contribution is 0.328. The molecule has 0 atom stereocenters. The summed E-state index contributed by atoms with van der Waals surface area (Å²) in [5, 5.41) is 0.260. The third-order valence-electron chi connectivity index (χ3n) is 6.95. The molecule has 1 aliphatic rings. The molecule has 0 bridgehead atoms. The van der Waals surface area contributed by atoms with E-state index in [2.05, 4.69) is 92.8 Å². The highest BCUT2D eigenvalue weighted by atomic mass is 28.4. The van der Waals surface area contributed by atoms with Gasteiger partial charge in [0.15, 0.2) is 8.32 Å². The minimum Gasteiger partial charge on any atom is -0.413 e. The van der Waals surface area contributed by atoms with E-state index in [4.69, 9.17) is 4.43 Å². The van der Waals surface area contributed by atoms with Gasteiger partial charge in [0.2, 0.25) is 0 Å². The van der Waals surface area contributed by atoms with Crippen molar-refractivity contribution in [1.29, 1.82) is 0 Å². The number of hydrogen-bond acceptors (Lipinski definition) is 1. The van der Waals surface area contributed by atoms with E-state index in [1.165, 1.54) is 35.1 Å². The van der Waals surface area contributed by atoms with Crippen molar-refractivity contribution < 1.29 is 4.43 Å². The molecule has 1 nitrogen and oxygen atoms in total. The third kappa shape index (κ3) is 4.34. The molecular weight excluding hydrogens is 332 g/mol. The van der Waals surface area contributed by atoms with E-state index in [0.29, 0.717) is 6.61 Å². The van der Waals surface area contributed by atoms with Crippen molar-refractivity contribution in [2.24, 2.45) is 0 Å². The topological polar surface area (TPSA) is 9.23 Å². The molecule has 0 N–H and O–H groups in total. The van der Waals surface area contributed by atoms with Gasteiger partial charge in [0.05, 0.1) is 6.61 Å². The quantitative estimate of drug-likeness (QED) is 0.498. The molecule has 0 spiro atoms. The Morgan fingerprint density at radius 3 is 2.12 bits per heavy atom. The molecule has 1 aromatic rings. The first kappa shape index (κ1) is 21.4. The van der Waals surface area contributed by atoms with Crippen molar-refractivity contribution in [3.05, 3.63) is 41.0 Å². The maximum Gasteiger partial charge on any atom is 0.192 e. The largest absolute Gasteiger partial charge is 0.413 e. The Bertz CT molecular complexity index is 687. The Morgan fingerprint density at radius 1 is 1.04 bits per heavy atom. The number of fused-ring (bicyclic) bond motifs is 1. The molecule has 0 amide bonds. The first-order chi connectivity index (χ1) is 11.7. The van der Waals surface area contributed by atoms with Crippen LogP contribution in [0.25, 0.3) is 5.57 Å². The predicted octanol–water partition coefficient (Wildman–Crippen LogP) is 7.46. The van der Waals surface area contributed by atoms with Crippen LogP contribution in [-0.4, -0.2) is 14.9 Å². The van der Waals surface area contributed by atoms with Gasteiger partial charge in [0.25, 0.3) is 0 Å². The standard InChI is InChI=1S/C24H40OSi/c1-18(13-16-25-26(9,10)22(2,3)4)19-11-12-20-21(17-19)24(7,8)15-14-23(20,5)6/h11-13,17H,14-16H2,1-10H3/b18-13-. The first-order valence-electron chi connectivity index (χ1n) is 10.1. The molecule has 0 saturated heterocycles. The summed E-state index contributed by atoms with van der Waals surface area (Å²) in [6.45, 7) is 24.0. The molecular formula is C24H40OSi. The fourth-order valence-corrected chi connectivity index (χ4v) is 4.48. The molecule has 0 aromatic heterocycles. The summed E-state index contributed by atoms with van der Waals surface area (Å²) in [4.78, 5) is 0. The lowest BCUT2D eigenvalue weighted by atomic mass is 9.63. The summed E-state index contributed by atoms with van der Waals surface area (Å²) in [6.07, 6.45) is 4.79. The van der Waals surface area contributed by atoms with E-state index < -0.39 is 8.32 Å². The molecule has 146 valence electrons. The van der Waals surface area contributed by atoms with Gasteiger partial charge in [0.1, 0.15) is 0 Å². The van der Waals surface area contributed by atoms with Gasteiger partial charge in [-0.25, -0.2) is 0 Å². The maximum absolute atomic E-state index is 6.34. The monoisotopic (exact) mass is 372 g/mol. The molecule has 0 fully saturated rings. The molecule has 26 heavy (non-hydrogen) atoms. The summed E-state index contributed by atoms with van der Waals surface area (Å²) in [7, 11) is -1.68. The van der Waals surface area contributed by atoms with Crippen LogP contribution in [0.3, 0.4) is 0 Å². The number of rotatable bonds is 4. The van der Waals surface area contributed by atoms with Crippen LogP contribution in [0.15, 0.2) is 24.3 Å². The molecule has 0 heterocycles. The van der Waals surface area contributed by atoms with Gasteiger partial charge in [0, 0.05) is 0 Å². The first-order valence-corrected chi connectivity index (χ1v) is 13.0. The van der Waals surface area contributed by atoms with Gasteiger partial charge in [-0.05, 0) is 71.0 Å². The maximum atomic E-state index is 6.34. The van der Waals surface area contributed by atoms with Crippen LogP contribution in [0.2, 0.25) is 18.1 Å². The normalized spacial score (nSPS) is 20.0. The number of allylic oxidation sites excluding steroid dienone is 1. The van der Waals surface area contributed by atoms with Crippen molar-refractivity contribution >= 4 is 13.9 Å². The second-order valence-electron chi connectivity index (χ2n) is 11.0. The van der Waals surface area contributed by atoms with Crippen LogP contribution in [0, 0.1) is 0 Å². The van der Waals surface area contributed by atoms with Gasteiger partial charge in [-0.1, -0.05) is 72.7 Å². The molecule has 2 rings (SSSR count). The molecule has 1 aromatic carbocycles. The van der Waals surface area contributed by atoms with Gasteiger partial charge in [-0.2, -0.15) is 0 Å². The van der Waals surface area contributed by atoms with Crippen LogP contribution in [0.4, 0.5) is 0 Å². The van der Waals surface area contributed by atoms with E-state index in [1.54, 1.807) is 0 Å². The van der Waals surface area contributed by atoms with E-state index in [9.17, 15) is 0 Å². The van der Waals surface area contributed by atoms with Gasteiger partial charge in [-0.15, -0.1) is 0 Å². The molecule has 0 aliphatic heterocycles. The van der Waals surface area contributed by atoms with Crippen molar-refractivity contribution in [2.45, 2.75) is 97.2 Å². The van der Waals surface area contributed by atoms with Crippen molar-refractivity contribution in [1.82, 2.24) is 0 Å². The highest BCUT2D eigenvalue weighted by Crippen LogP contribution is 2.46. The summed E-state index contributed by atoms with van der Waals surface area (Å²) in [5.74, 6) is 0. The van der Waals surface area contributed by atoms with Crippen molar-refractivity contribution in [3.63, 3.8) is 0 Å². The van der Waals surface area contributed by atoms with Gasteiger partial charge in [-0.3, -0.25) is 0 Å². The minimum absolute atomic E-state index is 0.260. The Balaban J connectivity index is 2.25. The van der Waals surface area contributed by atoms with Crippen LogP contribution in [0.5, 0.6) is 0 Å². The Kier molecular flexibility index (Phi) is 5.73. The SMILES string of the molecule is C/C(=C/CO[Si](C)(C)C(C)(C)C)c1ccc2c(c1)C(C)(C)CCC2(C)C. The zero-order valence-corrected chi connectivity index (χ0v) is 19.8. The van der Waals surface area contributed by atoms with Gasteiger partial charge >= 0.3 is 0 Å². The van der Waals surface area contributed by atoms with E-state index in [1.807, 2.05) is 0 Å². The van der Waals surface area contributed by atoms with E-state index in [-0.39, 0.29) is 15.9 Å². The average Bonchev–Trinajstić information content (AvgIpc) is 2.50. The highest BCUT2D eigenvalue weighted by Gasteiger charge is 2.37. The van der Waals surface area contributed by atoms with Crippen molar-refractivity contribution in [3.8, 4) is 0 Å². The van der Waals surface area contributed by atoms with Crippen LogP contribution < -0.4 is 0 Å². The fourth-order valence-electron chi connectivity index (χ4n) is 3.54. The average molecular weight is 373 g/mol. The fraction of sp³-hybridized carbons (Fsp3) is 0.667. The van der Waals surface area contributed by atoms with E-state index in [0.717, 1.165) is 0 Å². The van der Waals surface area contributed by atoms with Gasteiger partial charge < -0.3 is 4.43 Å². The predicted molar refractivity (Wildman–Crippen MR) is 119 cm³/mol. The molecule has 2 heteroatoms. The van der Waals surface area contributed by atoms with Crippen LogP contribution >= 0.6 is 0 Å². The minimum atomic E-state index is -1.68. The molecule has 1 aliphatic carbocycles. The summed E-state index contributed by atoms with van der Waals surface area (Å²) in [6, 6.07) is 7.12. The number of hydrogen-bond donors (Lipinski definition) is 0. The summed E-state index contributed by atoms with van der Waals surface area (Å²) >= 11 is 0. The van der Waals surface area contributed by atoms with Crippen molar-refractivity contribution in [2.75, 3.05) is 6.61 Å². The lowest BCUT2D eigenvalue weighted by Crippen LogP contribution is -2.40. The van der Waals surface area contributed by atoms with E-state index >= 15 is 0 Å². The number of benzene rings is 1. The Labute approximate surface area is 163 Å². The van der Waals surface area contributed by atoms with Crippen LogP contribution in [0.1, 0.15) is 84.9 Å². The Morgan fingerprint density at radius 2 is 1.58 bits per heavy atom. The van der Waals surface area contributed by atoms with Crippen LogP contribution in [-0.2, 0) is 15.3 Å². The second kappa shape index (κ2) is 6.94. The Hall–Kier alpha value is -0.863.